The van der Waals surface area contributed by atoms with Gasteiger partial charge in [0.25, 0.3) is 0 Å². The standard InChI is InChI=1S/C32H58NO6P/c1-5-7-8-9-10-11-12-13-14-15-16-17-18-19-22-29-23-20-21-24-31(29)36-27-30(39-32(34)6-2)28-38-40(35)37-26-25-33(3)4/h20-21,23-24,30,35H,5-19,22,25-28H2,1-4H3. The fraction of sp³-hybridized carbons (Fsp3) is 0.781. The third-order valence-corrected chi connectivity index (χ3v) is 7.67. The van der Waals surface area contributed by atoms with Crippen molar-refractivity contribution in [3.63, 3.8) is 0 Å². The summed E-state index contributed by atoms with van der Waals surface area (Å²) in [6.07, 6.45) is 19.5. The summed E-state index contributed by atoms with van der Waals surface area (Å²) in [5.41, 5.74) is 1.17. The number of ether oxygens (including phenoxy) is 2. The van der Waals surface area contributed by atoms with Gasteiger partial charge >= 0.3 is 14.6 Å². The molecule has 0 bridgehead atoms. The summed E-state index contributed by atoms with van der Waals surface area (Å²) >= 11 is 0. The number of hydrogen-bond donors (Lipinski definition) is 1. The van der Waals surface area contributed by atoms with Crippen molar-refractivity contribution in [2.75, 3.05) is 40.5 Å². The van der Waals surface area contributed by atoms with Crippen LogP contribution in [0.1, 0.15) is 116 Å². The normalized spacial score (nSPS) is 12.9. The molecule has 0 aliphatic rings. The van der Waals surface area contributed by atoms with Crippen LogP contribution in [0.3, 0.4) is 0 Å². The van der Waals surface area contributed by atoms with Crippen molar-refractivity contribution in [2.24, 2.45) is 0 Å². The Kier molecular flexibility index (Phi) is 23.4. The van der Waals surface area contributed by atoms with Crippen molar-refractivity contribution >= 4 is 14.6 Å². The zero-order chi connectivity index (χ0) is 29.3. The molecule has 40 heavy (non-hydrogen) atoms. The first kappa shape index (κ1) is 36.8. The van der Waals surface area contributed by atoms with Gasteiger partial charge in [-0.15, -0.1) is 0 Å². The minimum Gasteiger partial charge on any atom is -0.489 e. The number of carbonyl (C=O) groups excluding carboxylic acids is 1. The van der Waals surface area contributed by atoms with Crippen molar-refractivity contribution in [2.45, 2.75) is 123 Å². The molecule has 1 aromatic rings. The summed E-state index contributed by atoms with van der Waals surface area (Å²) in [7, 11) is 1.82. The number of nitrogens with zero attached hydrogens (tertiary/aromatic N) is 1. The average Bonchev–Trinajstić information content (AvgIpc) is 2.94. The smallest absolute Gasteiger partial charge is 0.330 e. The lowest BCUT2D eigenvalue weighted by molar-refractivity contribution is -0.152. The van der Waals surface area contributed by atoms with Crippen LogP contribution in [0.15, 0.2) is 24.3 Å². The maximum Gasteiger partial charge on any atom is 0.330 e. The van der Waals surface area contributed by atoms with Gasteiger partial charge in [-0.25, -0.2) is 0 Å². The van der Waals surface area contributed by atoms with Gasteiger partial charge < -0.3 is 28.3 Å². The van der Waals surface area contributed by atoms with E-state index in [1.54, 1.807) is 6.92 Å². The highest BCUT2D eigenvalue weighted by Gasteiger charge is 2.19. The molecule has 1 N–H and O–H groups in total. The average molecular weight is 584 g/mol. The molecule has 0 radical (unpaired) electrons. The number of carbonyl (C=O) groups is 1. The topological polar surface area (TPSA) is 77.5 Å². The van der Waals surface area contributed by atoms with E-state index in [9.17, 15) is 9.69 Å². The van der Waals surface area contributed by atoms with E-state index in [2.05, 4.69) is 13.0 Å². The van der Waals surface area contributed by atoms with Gasteiger partial charge in [-0.2, -0.15) is 0 Å². The largest absolute Gasteiger partial charge is 0.489 e. The Morgan fingerprint density at radius 2 is 1.40 bits per heavy atom. The van der Waals surface area contributed by atoms with E-state index in [1.807, 2.05) is 37.2 Å². The van der Waals surface area contributed by atoms with Gasteiger partial charge in [0.15, 0.2) is 6.10 Å². The van der Waals surface area contributed by atoms with Crippen LogP contribution in [0.5, 0.6) is 5.75 Å². The molecule has 0 saturated carbocycles. The Labute approximate surface area is 246 Å². The lowest BCUT2D eigenvalue weighted by Gasteiger charge is -2.21. The van der Waals surface area contributed by atoms with Crippen LogP contribution in [0.25, 0.3) is 0 Å². The van der Waals surface area contributed by atoms with Crippen molar-refractivity contribution in [1.82, 2.24) is 4.90 Å². The van der Waals surface area contributed by atoms with Crippen molar-refractivity contribution in [3.05, 3.63) is 29.8 Å². The molecule has 232 valence electrons. The first-order chi connectivity index (χ1) is 19.5. The molecule has 0 aliphatic heterocycles. The second-order valence-corrected chi connectivity index (χ2v) is 11.9. The number of aryl methyl sites for hydroxylation is 1. The molecular formula is C32H58NO6P. The van der Waals surface area contributed by atoms with Crippen LogP contribution in [0, 0.1) is 0 Å². The summed E-state index contributed by atoms with van der Waals surface area (Å²) in [4.78, 5) is 23.9. The van der Waals surface area contributed by atoms with E-state index in [1.165, 1.54) is 89.0 Å². The number of likely N-dealkylation sites (N-methyl/N-ethyl adjacent to an activating group) is 1. The molecule has 8 heteroatoms. The molecule has 0 aliphatic carbocycles. The van der Waals surface area contributed by atoms with Gasteiger partial charge in [-0.05, 0) is 38.6 Å². The van der Waals surface area contributed by atoms with Crippen LogP contribution >= 0.6 is 8.60 Å². The molecule has 0 spiro atoms. The summed E-state index contributed by atoms with van der Waals surface area (Å²) in [5, 5.41) is 0. The van der Waals surface area contributed by atoms with E-state index >= 15 is 0 Å². The zero-order valence-electron chi connectivity index (χ0n) is 25.9. The molecule has 0 heterocycles. The van der Waals surface area contributed by atoms with Crippen LogP contribution in [0.4, 0.5) is 0 Å². The number of para-hydroxylation sites is 1. The van der Waals surface area contributed by atoms with Crippen molar-refractivity contribution in [3.8, 4) is 5.75 Å². The highest BCUT2D eigenvalue weighted by atomic mass is 31.2. The first-order valence-electron chi connectivity index (χ1n) is 15.8. The third-order valence-electron chi connectivity index (χ3n) is 6.89. The number of unbranched alkanes of at least 4 members (excludes halogenated alkanes) is 13. The first-order valence-corrected chi connectivity index (χ1v) is 16.9. The monoisotopic (exact) mass is 583 g/mol. The van der Waals surface area contributed by atoms with Crippen molar-refractivity contribution < 1.29 is 28.2 Å². The quantitative estimate of drug-likeness (QED) is 0.0635. The zero-order valence-corrected chi connectivity index (χ0v) is 26.8. The van der Waals surface area contributed by atoms with Crippen LogP contribution < -0.4 is 4.74 Å². The highest BCUT2D eigenvalue weighted by molar-refractivity contribution is 7.40. The summed E-state index contributed by atoms with van der Waals surface area (Å²) in [5.74, 6) is 0.479. The molecule has 0 fully saturated rings. The maximum absolute atomic E-state index is 11.9. The molecule has 2 unspecified atom stereocenters. The van der Waals surface area contributed by atoms with Gasteiger partial charge in [0.1, 0.15) is 12.4 Å². The predicted molar refractivity (Wildman–Crippen MR) is 166 cm³/mol. The Hall–Kier alpha value is -1.24. The summed E-state index contributed by atoms with van der Waals surface area (Å²) in [6, 6.07) is 8.06. The molecule has 0 aromatic heterocycles. The molecule has 1 rings (SSSR count). The number of hydrogen-bond acceptors (Lipinski definition) is 7. The summed E-state index contributed by atoms with van der Waals surface area (Å²) < 4.78 is 22.3. The highest BCUT2D eigenvalue weighted by Crippen LogP contribution is 2.33. The maximum atomic E-state index is 11.9. The molecule has 1 aromatic carbocycles. The second-order valence-electron chi connectivity index (χ2n) is 10.9. The Bertz CT molecular complexity index is 735. The van der Waals surface area contributed by atoms with Crippen molar-refractivity contribution in [1.29, 1.82) is 0 Å². The minimum absolute atomic E-state index is 0.0109. The number of benzene rings is 1. The molecule has 0 amide bonds. The van der Waals surface area contributed by atoms with E-state index in [0.717, 1.165) is 18.6 Å². The van der Waals surface area contributed by atoms with Crippen LogP contribution in [-0.4, -0.2) is 62.3 Å². The Morgan fingerprint density at radius 3 is 1.98 bits per heavy atom. The third kappa shape index (κ3) is 20.6. The molecule has 7 nitrogen and oxygen atoms in total. The second kappa shape index (κ2) is 25.5. The van der Waals surface area contributed by atoms with Crippen LogP contribution in [0.2, 0.25) is 0 Å². The van der Waals surface area contributed by atoms with Gasteiger partial charge in [-0.1, -0.05) is 116 Å². The molecule has 2 atom stereocenters. The van der Waals surface area contributed by atoms with E-state index in [4.69, 9.17) is 18.5 Å². The molecule has 0 saturated heterocycles. The van der Waals surface area contributed by atoms with Crippen LogP contribution in [-0.2, 0) is 25.0 Å². The molecular weight excluding hydrogens is 525 g/mol. The predicted octanol–water partition coefficient (Wildman–Crippen LogP) is 8.23. The Morgan fingerprint density at radius 1 is 0.825 bits per heavy atom. The fourth-order valence-corrected chi connectivity index (χ4v) is 5.02. The lowest BCUT2D eigenvalue weighted by Crippen LogP contribution is -2.29. The van der Waals surface area contributed by atoms with Gasteiger partial charge in [0.05, 0.1) is 13.2 Å². The fourth-order valence-electron chi connectivity index (χ4n) is 4.41. The summed E-state index contributed by atoms with van der Waals surface area (Å²) in [6.45, 7) is 5.22. The lowest BCUT2D eigenvalue weighted by atomic mass is 10.0. The van der Waals surface area contributed by atoms with E-state index < -0.39 is 14.7 Å². The van der Waals surface area contributed by atoms with E-state index in [0.29, 0.717) is 13.2 Å². The minimum atomic E-state index is -2.04. The van der Waals surface area contributed by atoms with E-state index in [-0.39, 0.29) is 25.6 Å². The van der Waals surface area contributed by atoms with Gasteiger partial charge in [-0.3, -0.25) is 4.79 Å². The Balaban J connectivity index is 2.30. The van der Waals surface area contributed by atoms with Gasteiger partial charge in [0.2, 0.25) is 0 Å². The number of rotatable bonds is 27. The van der Waals surface area contributed by atoms with Gasteiger partial charge in [0, 0.05) is 13.0 Å². The SMILES string of the molecule is CCCCCCCCCCCCCCCCc1ccccc1OCC(COP(O)OCCN(C)C)OC(=O)CC. The number of esters is 1.